The molecule has 2 fully saturated rings. The molecular formula is C24H28N6O2. The lowest BCUT2D eigenvalue weighted by Gasteiger charge is -2.23. The number of anilines is 2. The molecule has 1 saturated carbocycles. The molecule has 1 aliphatic carbocycles. The molecule has 32 heavy (non-hydrogen) atoms. The van der Waals surface area contributed by atoms with Crippen molar-refractivity contribution < 1.29 is 9.59 Å². The Kier molecular flexibility index (Phi) is 5.75. The van der Waals surface area contributed by atoms with Gasteiger partial charge in [-0.3, -0.25) is 14.9 Å². The van der Waals surface area contributed by atoms with Crippen molar-refractivity contribution in [2.24, 2.45) is 0 Å². The maximum Gasteiger partial charge on any atom is 0.258 e. The minimum Gasteiger partial charge on any atom is -0.367 e. The first-order valence-electron chi connectivity index (χ1n) is 11.5. The van der Waals surface area contributed by atoms with Gasteiger partial charge >= 0.3 is 0 Å². The Hall–Kier alpha value is -3.42. The summed E-state index contributed by atoms with van der Waals surface area (Å²) in [4.78, 5) is 30.8. The Morgan fingerprint density at radius 3 is 2.59 bits per heavy atom. The third-order valence-corrected chi connectivity index (χ3v) is 6.30. The second-order valence-electron chi connectivity index (χ2n) is 8.67. The maximum atomic E-state index is 12.7. The van der Waals surface area contributed by atoms with E-state index >= 15 is 0 Å². The van der Waals surface area contributed by atoms with E-state index in [0.29, 0.717) is 30.2 Å². The monoisotopic (exact) mass is 432 g/mol. The van der Waals surface area contributed by atoms with Crippen LogP contribution in [-0.2, 0) is 11.3 Å². The molecule has 1 aliphatic heterocycles. The minimum absolute atomic E-state index is 0.196. The lowest BCUT2D eigenvalue weighted by atomic mass is 9.95. The quantitative estimate of drug-likeness (QED) is 0.617. The fraction of sp³-hybridized carbons (Fsp3) is 0.417. The number of rotatable bonds is 6. The van der Waals surface area contributed by atoms with Gasteiger partial charge in [-0.1, -0.05) is 37.5 Å². The van der Waals surface area contributed by atoms with Crippen molar-refractivity contribution in [2.75, 3.05) is 17.2 Å². The van der Waals surface area contributed by atoms with Gasteiger partial charge in [-0.25, -0.2) is 0 Å². The molecule has 3 heterocycles. The first-order chi connectivity index (χ1) is 15.7. The van der Waals surface area contributed by atoms with Crippen molar-refractivity contribution in [2.45, 2.75) is 57.5 Å². The van der Waals surface area contributed by atoms with Crippen LogP contribution in [0.4, 0.5) is 11.8 Å². The number of hydrogen-bond donors (Lipinski definition) is 2. The van der Waals surface area contributed by atoms with E-state index in [1.165, 1.54) is 19.3 Å². The molecule has 3 aromatic rings. The molecule has 2 aliphatic rings. The molecule has 0 bridgehead atoms. The third kappa shape index (κ3) is 4.44. The summed E-state index contributed by atoms with van der Waals surface area (Å²) in [7, 11) is 0. The Balaban J connectivity index is 1.26. The molecule has 1 saturated heterocycles. The number of carbonyl (C=O) groups is 2. The first-order valence-corrected chi connectivity index (χ1v) is 11.5. The highest BCUT2D eigenvalue weighted by atomic mass is 16.2. The molecule has 0 atom stereocenters. The van der Waals surface area contributed by atoms with Crippen molar-refractivity contribution in [3.05, 3.63) is 53.6 Å². The second-order valence-corrected chi connectivity index (χ2v) is 8.67. The summed E-state index contributed by atoms with van der Waals surface area (Å²) < 4.78 is 1.75. The van der Waals surface area contributed by atoms with E-state index in [-0.39, 0.29) is 17.8 Å². The van der Waals surface area contributed by atoms with Crippen molar-refractivity contribution in [3.8, 4) is 0 Å². The number of carbonyl (C=O) groups excluding carboxylic acids is 2. The fourth-order valence-corrected chi connectivity index (χ4v) is 4.55. The third-order valence-electron chi connectivity index (χ3n) is 6.30. The fourth-order valence-electron chi connectivity index (χ4n) is 4.55. The van der Waals surface area contributed by atoms with Gasteiger partial charge in [0.1, 0.15) is 5.82 Å². The van der Waals surface area contributed by atoms with Crippen LogP contribution in [0.15, 0.2) is 42.5 Å². The van der Waals surface area contributed by atoms with Gasteiger partial charge < -0.3 is 10.2 Å². The molecule has 5 rings (SSSR count). The number of benzene rings is 1. The standard InChI is InChI=1S/C24H28N6O2/c31-22-10-5-15-29(22)16-17-11-13-18(14-12-17)23(32)27-24-26-21-9-4-8-20(30(21)28-24)25-19-6-2-1-3-7-19/h4,8-9,11-14,19,25H,1-3,5-7,10,15-16H2,(H,27,28,32). The molecular weight excluding hydrogens is 404 g/mol. The maximum absolute atomic E-state index is 12.7. The van der Waals surface area contributed by atoms with Crippen LogP contribution in [0.3, 0.4) is 0 Å². The smallest absolute Gasteiger partial charge is 0.258 e. The van der Waals surface area contributed by atoms with Gasteiger partial charge in [-0.2, -0.15) is 9.50 Å². The predicted octanol–water partition coefficient (Wildman–Crippen LogP) is 3.85. The van der Waals surface area contributed by atoms with Crippen molar-refractivity contribution >= 4 is 29.2 Å². The van der Waals surface area contributed by atoms with E-state index in [4.69, 9.17) is 0 Å². The van der Waals surface area contributed by atoms with E-state index in [0.717, 1.165) is 37.2 Å². The number of aromatic nitrogens is 3. The normalized spacial score (nSPS) is 17.1. The molecule has 8 heteroatoms. The van der Waals surface area contributed by atoms with Crippen molar-refractivity contribution in [1.29, 1.82) is 0 Å². The van der Waals surface area contributed by atoms with Crippen LogP contribution in [0, 0.1) is 0 Å². The second kappa shape index (κ2) is 8.98. The summed E-state index contributed by atoms with van der Waals surface area (Å²) >= 11 is 0. The highest BCUT2D eigenvalue weighted by Crippen LogP contribution is 2.22. The molecule has 8 nitrogen and oxygen atoms in total. The summed E-state index contributed by atoms with van der Waals surface area (Å²) in [5.41, 5.74) is 2.23. The predicted molar refractivity (Wildman–Crippen MR) is 123 cm³/mol. The molecule has 0 unspecified atom stereocenters. The van der Waals surface area contributed by atoms with Crippen LogP contribution >= 0.6 is 0 Å². The van der Waals surface area contributed by atoms with Gasteiger partial charge in [0.25, 0.3) is 5.91 Å². The number of nitrogens with zero attached hydrogens (tertiary/aromatic N) is 4. The van der Waals surface area contributed by atoms with Crippen LogP contribution in [0.25, 0.3) is 5.65 Å². The zero-order chi connectivity index (χ0) is 21.9. The minimum atomic E-state index is -0.258. The largest absolute Gasteiger partial charge is 0.367 e. The molecule has 0 radical (unpaired) electrons. The van der Waals surface area contributed by atoms with E-state index in [1.807, 2.05) is 35.2 Å². The average Bonchev–Trinajstić information content (AvgIpc) is 3.41. The molecule has 1 aromatic carbocycles. The van der Waals surface area contributed by atoms with Gasteiger partial charge in [0, 0.05) is 31.1 Å². The molecule has 2 N–H and O–H groups in total. The van der Waals surface area contributed by atoms with Crippen molar-refractivity contribution in [3.63, 3.8) is 0 Å². The zero-order valence-corrected chi connectivity index (χ0v) is 18.1. The Morgan fingerprint density at radius 2 is 1.84 bits per heavy atom. The molecule has 0 spiro atoms. The van der Waals surface area contributed by atoms with E-state index < -0.39 is 0 Å². The summed E-state index contributed by atoms with van der Waals surface area (Å²) in [6, 6.07) is 13.6. The molecule has 2 amide bonds. The summed E-state index contributed by atoms with van der Waals surface area (Å²) in [6.45, 7) is 1.39. The first kappa shape index (κ1) is 20.5. The van der Waals surface area contributed by atoms with Crippen LogP contribution in [-0.4, -0.2) is 43.9 Å². The van der Waals surface area contributed by atoms with Gasteiger partial charge in [0.05, 0.1) is 0 Å². The summed E-state index contributed by atoms with van der Waals surface area (Å²) in [6.07, 6.45) is 7.68. The summed E-state index contributed by atoms with van der Waals surface area (Å²) in [5, 5.41) is 10.9. The Morgan fingerprint density at radius 1 is 1.03 bits per heavy atom. The Labute approximate surface area is 187 Å². The number of fused-ring (bicyclic) bond motifs is 1. The lowest BCUT2D eigenvalue weighted by Crippen LogP contribution is -2.23. The van der Waals surface area contributed by atoms with Gasteiger partial charge in [-0.15, -0.1) is 5.10 Å². The number of nitrogens with one attached hydrogen (secondary N) is 2. The number of amides is 2. The lowest BCUT2D eigenvalue weighted by molar-refractivity contribution is -0.128. The Bertz CT molecular complexity index is 1120. The van der Waals surface area contributed by atoms with Crippen LogP contribution in [0.2, 0.25) is 0 Å². The van der Waals surface area contributed by atoms with Crippen LogP contribution in [0.1, 0.15) is 60.9 Å². The average molecular weight is 433 g/mol. The van der Waals surface area contributed by atoms with E-state index in [1.54, 1.807) is 16.6 Å². The number of hydrogen-bond acceptors (Lipinski definition) is 5. The topological polar surface area (TPSA) is 91.6 Å². The van der Waals surface area contributed by atoms with Gasteiger partial charge in [0.2, 0.25) is 11.9 Å². The van der Waals surface area contributed by atoms with Crippen molar-refractivity contribution in [1.82, 2.24) is 19.5 Å². The highest BCUT2D eigenvalue weighted by molar-refractivity contribution is 6.03. The zero-order valence-electron chi connectivity index (χ0n) is 18.1. The van der Waals surface area contributed by atoms with Crippen LogP contribution < -0.4 is 10.6 Å². The molecule has 166 valence electrons. The number of likely N-dealkylation sites (tertiary alicyclic amines) is 1. The highest BCUT2D eigenvalue weighted by Gasteiger charge is 2.20. The van der Waals surface area contributed by atoms with E-state index in [9.17, 15) is 9.59 Å². The SMILES string of the molecule is O=C(Nc1nc2cccc(NC3CCCCC3)n2n1)c1ccc(CN2CCCC2=O)cc1. The van der Waals surface area contributed by atoms with Gasteiger partial charge in [-0.05, 0) is 49.1 Å². The number of pyridine rings is 1. The summed E-state index contributed by atoms with van der Waals surface area (Å²) in [5.74, 6) is 1.11. The van der Waals surface area contributed by atoms with Crippen LogP contribution in [0.5, 0.6) is 0 Å². The molecule has 2 aromatic heterocycles. The van der Waals surface area contributed by atoms with E-state index in [2.05, 4.69) is 20.7 Å². The van der Waals surface area contributed by atoms with Gasteiger partial charge in [0.15, 0.2) is 5.65 Å².